The van der Waals surface area contributed by atoms with Gasteiger partial charge in [-0.1, -0.05) is 123 Å². The van der Waals surface area contributed by atoms with Gasteiger partial charge in [-0.3, -0.25) is 0 Å². The Kier molecular flexibility index (Phi) is 8.10. The molecule has 0 radical (unpaired) electrons. The van der Waals surface area contributed by atoms with Crippen LogP contribution in [0.25, 0.3) is 49.7 Å². The standard InChI is InChI=1S/C62H58N2/c1-61(2)56-35-50(26-27-52(56)53-28-29-54-58-51(43-10-5-3-6-11-43)14-9-15-57(58)64(60(54)59(53)61)47-12-7-4-8-13-47)63(48-22-18-44(19-23-48)55-34-39-16-17-45(55)33-39)49-24-20-46(21-25-49)62-36-40-30-41(37-62)32-42(31-40)38-62/h3-15,18-29,35,39-42,45,55H,16-17,30-34,36-38H2,1-2H3. The molecule has 2 nitrogen and oxygen atoms in total. The number of aromatic nitrogens is 1. The van der Waals surface area contributed by atoms with Gasteiger partial charge in [0.25, 0.3) is 0 Å². The van der Waals surface area contributed by atoms with E-state index in [0.717, 1.165) is 35.5 Å². The van der Waals surface area contributed by atoms with Gasteiger partial charge in [-0.05, 0) is 198 Å². The Morgan fingerprint density at radius 2 is 1.19 bits per heavy atom. The minimum absolute atomic E-state index is 0.256. The summed E-state index contributed by atoms with van der Waals surface area (Å²) in [4.78, 5) is 2.57. The number of hydrogen-bond donors (Lipinski definition) is 0. The lowest BCUT2D eigenvalue weighted by Gasteiger charge is -2.57. The van der Waals surface area contributed by atoms with Crippen molar-refractivity contribution < 1.29 is 0 Å². The van der Waals surface area contributed by atoms with Gasteiger partial charge in [0, 0.05) is 38.9 Å². The number of rotatable bonds is 7. The summed E-state index contributed by atoms with van der Waals surface area (Å²) in [6, 6.07) is 60.9. The predicted molar refractivity (Wildman–Crippen MR) is 267 cm³/mol. The third-order valence-electron chi connectivity index (χ3n) is 18.0. The van der Waals surface area contributed by atoms with Crippen molar-refractivity contribution in [1.82, 2.24) is 4.57 Å². The molecule has 2 heteroatoms. The van der Waals surface area contributed by atoms with Crippen molar-refractivity contribution in [3.05, 3.63) is 180 Å². The minimum Gasteiger partial charge on any atom is -0.310 e. The van der Waals surface area contributed by atoms with Crippen molar-refractivity contribution in [3.63, 3.8) is 0 Å². The Balaban J connectivity index is 0.913. The summed E-state index contributed by atoms with van der Waals surface area (Å²) in [5.74, 6) is 5.37. The first-order chi connectivity index (χ1) is 31.4. The highest BCUT2D eigenvalue weighted by atomic mass is 15.1. The largest absolute Gasteiger partial charge is 0.310 e. The molecule has 6 bridgehead atoms. The number of fused-ring (bicyclic) bond motifs is 9. The average molecular weight is 831 g/mol. The van der Waals surface area contributed by atoms with Gasteiger partial charge in [0.1, 0.15) is 0 Å². The SMILES string of the molecule is CC1(C)c2cc(N(c3ccc(C4CC5CCC4C5)cc3)c3ccc(C45CC6CC(CC(C6)C4)C5)cc3)ccc2-c2ccc3c4c(-c5ccccc5)cccc4n(-c4ccccc4)c3c21. The van der Waals surface area contributed by atoms with E-state index in [9.17, 15) is 0 Å². The van der Waals surface area contributed by atoms with Crippen LogP contribution in [0.15, 0.2) is 158 Å². The van der Waals surface area contributed by atoms with Crippen LogP contribution in [0.3, 0.4) is 0 Å². The molecule has 0 amide bonds. The number of anilines is 3. The lowest BCUT2D eigenvalue weighted by molar-refractivity contribution is -0.00518. The second-order valence-corrected chi connectivity index (χ2v) is 21.9. The third kappa shape index (κ3) is 5.50. The van der Waals surface area contributed by atoms with Gasteiger partial charge < -0.3 is 9.47 Å². The fourth-order valence-electron chi connectivity index (χ4n) is 15.7. The van der Waals surface area contributed by atoms with Crippen molar-refractivity contribution in [2.75, 3.05) is 4.90 Å². The lowest BCUT2D eigenvalue weighted by Crippen LogP contribution is -2.48. The Bertz CT molecular complexity index is 3080. The molecule has 3 atom stereocenters. The van der Waals surface area contributed by atoms with Crippen LogP contribution in [0.5, 0.6) is 0 Å². The molecule has 0 saturated heterocycles. The normalized spacial score (nSPS) is 26.8. The van der Waals surface area contributed by atoms with Crippen LogP contribution in [-0.2, 0) is 10.8 Å². The Morgan fingerprint density at radius 3 is 1.86 bits per heavy atom. The van der Waals surface area contributed by atoms with E-state index in [4.69, 9.17) is 0 Å². The van der Waals surface area contributed by atoms with Gasteiger partial charge >= 0.3 is 0 Å². The molecule has 64 heavy (non-hydrogen) atoms. The Labute approximate surface area is 379 Å². The first-order valence-corrected chi connectivity index (χ1v) is 24.8. The predicted octanol–water partition coefficient (Wildman–Crippen LogP) is 16.6. The molecule has 3 unspecified atom stereocenters. The molecule has 1 heterocycles. The van der Waals surface area contributed by atoms with Crippen LogP contribution in [-0.4, -0.2) is 4.57 Å². The van der Waals surface area contributed by atoms with Crippen LogP contribution in [0.4, 0.5) is 17.1 Å². The summed E-state index contributed by atoms with van der Waals surface area (Å²) in [6.07, 6.45) is 14.3. The Morgan fingerprint density at radius 1 is 0.531 bits per heavy atom. The van der Waals surface area contributed by atoms with E-state index in [2.05, 4.69) is 181 Å². The molecule has 316 valence electrons. The molecule has 1 aromatic heterocycles. The molecule has 6 fully saturated rings. The summed E-state index contributed by atoms with van der Waals surface area (Å²) in [5.41, 5.74) is 18.8. The molecule has 8 aromatic rings. The van der Waals surface area contributed by atoms with E-state index in [1.54, 1.807) is 11.1 Å². The maximum absolute atomic E-state index is 2.57. The monoisotopic (exact) mass is 830 g/mol. The Hall–Kier alpha value is -5.86. The van der Waals surface area contributed by atoms with Crippen molar-refractivity contribution in [3.8, 4) is 27.9 Å². The highest BCUT2D eigenvalue weighted by molar-refractivity contribution is 6.18. The molecule has 15 rings (SSSR count). The molecule has 0 N–H and O–H groups in total. The second-order valence-electron chi connectivity index (χ2n) is 21.9. The zero-order chi connectivity index (χ0) is 42.3. The molecule has 0 spiro atoms. The van der Waals surface area contributed by atoms with Gasteiger partial charge in [-0.15, -0.1) is 0 Å². The molecule has 7 aliphatic carbocycles. The van der Waals surface area contributed by atoms with E-state index in [1.807, 2.05) is 0 Å². The summed E-state index contributed by atoms with van der Waals surface area (Å²) >= 11 is 0. The zero-order valence-corrected chi connectivity index (χ0v) is 37.4. The molecular formula is C62H58N2. The number of nitrogens with zero attached hydrogens (tertiary/aromatic N) is 2. The first-order valence-electron chi connectivity index (χ1n) is 24.8. The van der Waals surface area contributed by atoms with E-state index >= 15 is 0 Å². The summed E-state index contributed by atoms with van der Waals surface area (Å²) < 4.78 is 2.56. The quantitative estimate of drug-likeness (QED) is 0.155. The highest BCUT2D eigenvalue weighted by Crippen LogP contribution is 2.61. The summed E-state index contributed by atoms with van der Waals surface area (Å²) in [5, 5.41) is 2.63. The van der Waals surface area contributed by atoms with Gasteiger partial charge in [0.05, 0.1) is 11.0 Å². The fourth-order valence-corrected chi connectivity index (χ4v) is 15.7. The van der Waals surface area contributed by atoms with E-state index in [1.165, 1.54) is 142 Å². The van der Waals surface area contributed by atoms with E-state index in [-0.39, 0.29) is 5.41 Å². The first kappa shape index (κ1) is 37.5. The lowest BCUT2D eigenvalue weighted by atomic mass is 9.48. The topological polar surface area (TPSA) is 8.17 Å². The maximum atomic E-state index is 2.57. The van der Waals surface area contributed by atoms with Crippen LogP contribution in [0.1, 0.15) is 106 Å². The van der Waals surface area contributed by atoms with Crippen LogP contribution in [0, 0.1) is 29.6 Å². The number of benzene rings is 7. The van der Waals surface area contributed by atoms with Crippen LogP contribution < -0.4 is 4.90 Å². The highest BCUT2D eigenvalue weighted by Gasteiger charge is 2.51. The smallest absolute Gasteiger partial charge is 0.0588 e. The average Bonchev–Trinajstić information content (AvgIpc) is 4.10. The molecule has 6 saturated carbocycles. The van der Waals surface area contributed by atoms with Gasteiger partial charge in [-0.25, -0.2) is 0 Å². The molecular weight excluding hydrogens is 773 g/mol. The fraction of sp³-hybridized carbons (Fsp3) is 0.323. The second kappa shape index (κ2) is 13.8. The number of hydrogen-bond acceptors (Lipinski definition) is 1. The van der Waals surface area contributed by atoms with Crippen molar-refractivity contribution in [2.24, 2.45) is 29.6 Å². The van der Waals surface area contributed by atoms with Gasteiger partial charge in [0.15, 0.2) is 0 Å². The van der Waals surface area contributed by atoms with E-state index in [0.29, 0.717) is 5.41 Å². The molecule has 7 aliphatic rings. The maximum Gasteiger partial charge on any atom is 0.0588 e. The van der Waals surface area contributed by atoms with Crippen molar-refractivity contribution >= 4 is 38.9 Å². The van der Waals surface area contributed by atoms with Crippen molar-refractivity contribution in [1.29, 1.82) is 0 Å². The van der Waals surface area contributed by atoms with Crippen molar-refractivity contribution in [2.45, 2.75) is 94.8 Å². The molecule has 0 aliphatic heterocycles. The zero-order valence-electron chi connectivity index (χ0n) is 37.4. The third-order valence-corrected chi connectivity index (χ3v) is 18.0. The summed E-state index contributed by atoms with van der Waals surface area (Å²) in [7, 11) is 0. The summed E-state index contributed by atoms with van der Waals surface area (Å²) in [6.45, 7) is 4.95. The molecule has 7 aromatic carbocycles. The van der Waals surface area contributed by atoms with Gasteiger partial charge in [-0.2, -0.15) is 0 Å². The van der Waals surface area contributed by atoms with Gasteiger partial charge in [0.2, 0.25) is 0 Å². The van der Waals surface area contributed by atoms with Crippen LogP contribution >= 0.6 is 0 Å². The van der Waals surface area contributed by atoms with Crippen LogP contribution in [0.2, 0.25) is 0 Å². The minimum atomic E-state index is -0.256. The number of para-hydroxylation sites is 1. The van der Waals surface area contributed by atoms with E-state index < -0.39 is 0 Å².